The van der Waals surface area contributed by atoms with Gasteiger partial charge in [-0.05, 0) is 45.0 Å². The number of likely N-dealkylation sites (tertiary alicyclic amines) is 1. The highest BCUT2D eigenvalue weighted by Crippen LogP contribution is 2.25. The fraction of sp³-hybridized carbons (Fsp3) is 0.700. The Balaban J connectivity index is 1.89. The Morgan fingerprint density at radius 2 is 1.93 bits per heavy atom. The van der Waals surface area contributed by atoms with E-state index in [1.54, 1.807) is 6.26 Å². The summed E-state index contributed by atoms with van der Waals surface area (Å²) in [6.07, 6.45) is 4.18. The van der Waals surface area contributed by atoms with Crippen LogP contribution in [0.5, 0.6) is 0 Å². The van der Waals surface area contributed by atoms with Gasteiger partial charge in [0.05, 0.1) is 18.8 Å². The Hall–Kier alpha value is -2.02. The minimum Gasteiger partial charge on any atom is -0.468 e. The molecule has 1 aliphatic heterocycles. The molecule has 1 atom stereocenters. The van der Waals surface area contributed by atoms with E-state index in [9.17, 15) is 4.79 Å². The van der Waals surface area contributed by atoms with Crippen LogP contribution in [0.15, 0.2) is 27.8 Å². The molecule has 2 rings (SSSR count). The summed E-state index contributed by atoms with van der Waals surface area (Å²) in [5.41, 5.74) is -0.370. The van der Waals surface area contributed by atoms with Crippen molar-refractivity contribution in [3.8, 4) is 0 Å². The first kappa shape index (κ1) is 21.3. The highest BCUT2D eigenvalue weighted by molar-refractivity contribution is 5.81. The van der Waals surface area contributed by atoms with Crippen LogP contribution in [-0.2, 0) is 4.79 Å². The van der Waals surface area contributed by atoms with E-state index in [1.807, 2.05) is 39.8 Å². The minimum atomic E-state index is -0.370. The van der Waals surface area contributed by atoms with E-state index in [-0.39, 0.29) is 17.4 Å². The lowest BCUT2D eigenvalue weighted by Crippen LogP contribution is -2.43. The maximum Gasteiger partial charge on any atom is 0.225 e. The summed E-state index contributed by atoms with van der Waals surface area (Å²) in [6.45, 7) is 12.6. The molecule has 7 nitrogen and oxygen atoms in total. The third-order valence-corrected chi connectivity index (χ3v) is 4.60. The van der Waals surface area contributed by atoms with Crippen molar-refractivity contribution in [2.75, 3.05) is 39.3 Å². The first-order valence-corrected chi connectivity index (χ1v) is 9.99. The molecule has 0 saturated carbocycles. The number of guanidine groups is 1. The Labute approximate surface area is 163 Å². The second-order valence-corrected chi connectivity index (χ2v) is 7.93. The van der Waals surface area contributed by atoms with Gasteiger partial charge in [-0.2, -0.15) is 0 Å². The van der Waals surface area contributed by atoms with E-state index in [2.05, 4.69) is 20.9 Å². The fourth-order valence-corrected chi connectivity index (χ4v) is 3.06. The van der Waals surface area contributed by atoms with Crippen LogP contribution in [0, 0.1) is 5.41 Å². The van der Waals surface area contributed by atoms with Crippen molar-refractivity contribution in [3.05, 3.63) is 24.2 Å². The zero-order valence-corrected chi connectivity index (χ0v) is 17.2. The van der Waals surface area contributed by atoms with Gasteiger partial charge >= 0.3 is 0 Å². The average Bonchev–Trinajstić information content (AvgIpc) is 3.32. The number of nitrogens with one attached hydrogen (secondary N) is 3. The predicted octanol–water partition coefficient (Wildman–Crippen LogP) is 2.13. The third kappa shape index (κ3) is 6.90. The average molecular weight is 378 g/mol. The lowest BCUT2D eigenvalue weighted by molar-refractivity contribution is -0.128. The second kappa shape index (κ2) is 10.3. The zero-order chi connectivity index (χ0) is 19.7. The molecule has 27 heavy (non-hydrogen) atoms. The Bertz CT molecular complexity index is 586. The summed E-state index contributed by atoms with van der Waals surface area (Å²) in [6, 6.07) is 4.13. The van der Waals surface area contributed by atoms with Crippen LogP contribution < -0.4 is 16.0 Å². The summed E-state index contributed by atoms with van der Waals surface area (Å²) in [4.78, 5) is 19.1. The highest BCUT2D eigenvalue weighted by Gasteiger charge is 2.25. The van der Waals surface area contributed by atoms with E-state index < -0.39 is 0 Å². The van der Waals surface area contributed by atoms with E-state index >= 15 is 0 Å². The van der Waals surface area contributed by atoms with Crippen LogP contribution in [0.25, 0.3) is 0 Å². The van der Waals surface area contributed by atoms with Crippen molar-refractivity contribution in [3.63, 3.8) is 0 Å². The van der Waals surface area contributed by atoms with Gasteiger partial charge in [-0.15, -0.1) is 0 Å². The molecule has 0 aromatic carbocycles. The molecule has 1 aliphatic rings. The molecule has 2 heterocycles. The molecular weight excluding hydrogens is 342 g/mol. The predicted molar refractivity (Wildman–Crippen MR) is 109 cm³/mol. The van der Waals surface area contributed by atoms with Crippen molar-refractivity contribution in [2.24, 2.45) is 10.4 Å². The van der Waals surface area contributed by atoms with Gasteiger partial charge in [0.2, 0.25) is 5.91 Å². The van der Waals surface area contributed by atoms with Crippen molar-refractivity contribution in [1.29, 1.82) is 0 Å². The van der Waals surface area contributed by atoms with E-state index in [1.165, 1.54) is 12.8 Å². The smallest absolute Gasteiger partial charge is 0.225 e. The molecule has 0 bridgehead atoms. The monoisotopic (exact) mass is 377 g/mol. The maximum atomic E-state index is 11.9. The molecule has 1 aromatic heterocycles. The van der Waals surface area contributed by atoms with Crippen LogP contribution in [0.3, 0.4) is 0 Å². The Kier molecular flexibility index (Phi) is 8.16. The normalized spacial score (nSPS) is 17.0. The van der Waals surface area contributed by atoms with Crippen molar-refractivity contribution in [1.82, 2.24) is 20.9 Å². The summed E-state index contributed by atoms with van der Waals surface area (Å²) < 4.78 is 5.66. The molecule has 152 valence electrons. The largest absolute Gasteiger partial charge is 0.468 e. The molecule has 0 spiro atoms. The Morgan fingerprint density at radius 3 is 2.52 bits per heavy atom. The SMILES string of the molecule is CCNC(=NCC(c1ccco1)N1CCCC1)NCCNC(=O)C(C)(C)C. The van der Waals surface area contributed by atoms with E-state index in [0.29, 0.717) is 19.6 Å². The molecule has 1 amide bonds. The molecule has 1 saturated heterocycles. The topological polar surface area (TPSA) is 81.9 Å². The first-order valence-electron chi connectivity index (χ1n) is 9.99. The lowest BCUT2D eigenvalue weighted by Gasteiger charge is -2.24. The van der Waals surface area contributed by atoms with Crippen LogP contribution in [0.4, 0.5) is 0 Å². The van der Waals surface area contributed by atoms with Gasteiger partial charge in [0, 0.05) is 25.0 Å². The molecular formula is C20H35N5O2. The van der Waals surface area contributed by atoms with Crippen LogP contribution in [0.2, 0.25) is 0 Å². The van der Waals surface area contributed by atoms with Gasteiger partial charge in [0.1, 0.15) is 5.76 Å². The molecule has 1 fully saturated rings. The molecule has 1 aromatic rings. The molecule has 0 aliphatic carbocycles. The highest BCUT2D eigenvalue weighted by atomic mass is 16.3. The van der Waals surface area contributed by atoms with Gasteiger partial charge in [0.25, 0.3) is 0 Å². The standard InChI is InChI=1S/C20H35N5O2/c1-5-21-19(23-11-10-22-18(26)20(2,3)4)24-15-16(17-9-8-14-27-17)25-12-6-7-13-25/h8-9,14,16H,5-7,10-13,15H2,1-4H3,(H,22,26)(H2,21,23,24). The number of carbonyl (C=O) groups is 1. The molecule has 1 unspecified atom stereocenters. The van der Waals surface area contributed by atoms with Gasteiger partial charge < -0.3 is 20.4 Å². The molecule has 0 radical (unpaired) electrons. The van der Waals surface area contributed by atoms with Crippen LogP contribution >= 0.6 is 0 Å². The zero-order valence-electron chi connectivity index (χ0n) is 17.2. The Morgan fingerprint density at radius 1 is 1.22 bits per heavy atom. The molecule has 7 heteroatoms. The van der Waals surface area contributed by atoms with E-state index in [4.69, 9.17) is 9.41 Å². The first-order chi connectivity index (χ1) is 12.9. The van der Waals surface area contributed by atoms with E-state index in [0.717, 1.165) is 31.4 Å². The van der Waals surface area contributed by atoms with Crippen LogP contribution in [-0.4, -0.2) is 56.0 Å². The number of hydrogen-bond acceptors (Lipinski definition) is 4. The second-order valence-electron chi connectivity index (χ2n) is 7.93. The van der Waals surface area contributed by atoms with Crippen LogP contribution in [0.1, 0.15) is 52.3 Å². The number of amides is 1. The number of nitrogens with zero attached hydrogens (tertiary/aromatic N) is 2. The van der Waals surface area contributed by atoms with Gasteiger partial charge in [-0.25, -0.2) is 0 Å². The number of furan rings is 1. The summed E-state index contributed by atoms with van der Waals surface area (Å²) in [5, 5.41) is 9.51. The minimum absolute atomic E-state index is 0.0538. The molecule has 3 N–H and O–H groups in total. The van der Waals surface area contributed by atoms with Crippen molar-refractivity contribution < 1.29 is 9.21 Å². The third-order valence-electron chi connectivity index (χ3n) is 4.60. The number of rotatable bonds is 8. The number of hydrogen-bond donors (Lipinski definition) is 3. The van der Waals surface area contributed by atoms with Crippen molar-refractivity contribution in [2.45, 2.75) is 46.6 Å². The summed E-state index contributed by atoms with van der Waals surface area (Å²) in [7, 11) is 0. The van der Waals surface area contributed by atoms with Crippen molar-refractivity contribution >= 4 is 11.9 Å². The number of carbonyl (C=O) groups excluding carboxylic acids is 1. The summed E-state index contributed by atoms with van der Waals surface area (Å²) >= 11 is 0. The van der Waals surface area contributed by atoms with Gasteiger partial charge in [0.15, 0.2) is 5.96 Å². The number of aliphatic imine (C=N–C) groups is 1. The lowest BCUT2D eigenvalue weighted by atomic mass is 9.96. The fourth-order valence-electron chi connectivity index (χ4n) is 3.06. The maximum absolute atomic E-state index is 11.9. The van der Waals surface area contributed by atoms with Gasteiger partial charge in [-0.1, -0.05) is 20.8 Å². The van der Waals surface area contributed by atoms with Gasteiger partial charge in [-0.3, -0.25) is 14.7 Å². The quantitative estimate of drug-likeness (QED) is 0.367. The summed E-state index contributed by atoms with van der Waals surface area (Å²) in [5.74, 6) is 1.78.